The van der Waals surface area contributed by atoms with E-state index < -0.39 is 10.0 Å². The number of rotatable bonds is 4. The van der Waals surface area contributed by atoms with Crippen molar-refractivity contribution in [3.8, 4) is 6.07 Å². The largest absolute Gasteiger partial charge is 0.338 e. The maximum atomic E-state index is 12.0. The van der Waals surface area contributed by atoms with Crippen molar-refractivity contribution in [2.24, 2.45) is 0 Å². The highest BCUT2D eigenvalue weighted by atomic mass is 32.2. The van der Waals surface area contributed by atoms with Crippen molar-refractivity contribution in [2.45, 2.75) is 20.3 Å². The van der Waals surface area contributed by atoms with E-state index >= 15 is 0 Å². The van der Waals surface area contributed by atoms with Gasteiger partial charge in [-0.1, -0.05) is 6.92 Å². The van der Waals surface area contributed by atoms with Crippen molar-refractivity contribution in [3.05, 3.63) is 17.5 Å². The molecule has 0 spiro atoms. The molecule has 0 unspecified atom stereocenters. The van der Waals surface area contributed by atoms with Crippen LogP contribution in [0.25, 0.3) is 0 Å². The summed E-state index contributed by atoms with van der Waals surface area (Å²) >= 11 is 0. The van der Waals surface area contributed by atoms with Crippen molar-refractivity contribution in [2.75, 3.05) is 36.8 Å². The summed E-state index contributed by atoms with van der Waals surface area (Å²) in [6, 6.07) is 3.64. The molecule has 0 atom stereocenters. The lowest BCUT2D eigenvalue weighted by atomic mass is 10.3. The average molecular weight is 309 g/mol. The van der Waals surface area contributed by atoms with Crippen LogP contribution in [0.5, 0.6) is 0 Å². The fourth-order valence-electron chi connectivity index (χ4n) is 2.30. The van der Waals surface area contributed by atoms with Crippen LogP contribution in [0.4, 0.5) is 5.95 Å². The molecule has 114 valence electrons. The Hall–Kier alpha value is -1.72. The fraction of sp³-hybridized carbons (Fsp3) is 0.615. The summed E-state index contributed by atoms with van der Waals surface area (Å²) in [5, 5.41) is 8.95. The second kappa shape index (κ2) is 6.37. The summed E-state index contributed by atoms with van der Waals surface area (Å²) < 4.78 is 25.6. The molecular weight excluding hydrogens is 290 g/mol. The van der Waals surface area contributed by atoms with Gasteiger partial charge in [-0.3, -0.25) is 0 Å². The second-order valence-corrected chi connectivity index (χ2v) is 7.10. The van der Waals surface area contributed by atoms with Gasteiger partial charge >= 0.3 is 0 Å². The monoisotopic (exact) mass is 309 g/mol. The molecule has 1 fully saturated rings. The van der Waals surface area contributed by atoms with Gasteiger partial charge in [0.2, 0.25) is 16.0 Å². The molecule has 8 heteroatoms. The van der Waals surface area contributed by atoms with Crippen LogP contribution in [0.1, 0.15) is 24.7 Å². The van der Waals surface area contributed by atoms with Gasteiger partial charge in [-0.25, -0.2) is 18.4 Å². The molecular formula is C13H19N5O2S. The minimum Gasteiger partial charge on any atom is -0.338 e. The van der Waals surface area contributed by atoms with E-state index in [4.69, 9.17) is 5.26 Å². The van der Waals surface area contributed by atoms with Crippen LogP contribution in [-0.4, -0.2) is 54.6 Å². The maximum absolute atomic E-state index is 12.0. The van der Waals surface area contributed by atoms with Crippen LogP contribution >= 0.6 is 0 Å². The van der Waals surface area contributed by atoms with Gasteiger partial charge in [0.25, 0.3) is 0 Å². The molecule has 0 amide bonds. The van der Waals surface area contributed by atoms with Gasteiger partial charge in [-0.15, -0.1) is 0 Å². The molecule has 7 nitrogen and oxygen atoms in total. The molecule has 2 heterocycles. The van der Waals surface area contributed by atoms with Crippen LogP contribution < -0.4 is 4.90 Å². The van der Waals surface area contributed by atoms with Gasteiger partial charge in [-0.05, 0) is 19.4 Å². The molecule has 0 aromatic carbocycles. The molecule has 1 aromatic heterocycles. The molecule has 0 aliphatic carbocycles. The number of piperazine rings is 1. The molecule has 1 aromatic rings. The van der Waals surface area contributed by atoms with E-state index in [2.05, 4.69) is 9.97 Å². The lowest BCUT2D eigenvalue weighted by Gasteiger charge is -2.34. The Balaban J connectivity index is 2.08. The number of nitrogens with zero attached hydrogens (tertiary/aromatic N) is 5. The molecule has 0 bridgehead atoms. The summed E-state index contributed by atoms with van der Waals surface area (Å²) in [6.07, 6.45) is 0.620. The van der Waals surface area contributed by atoms with Crippen molar-refractivity contribution in [3.63, 3.8) is 0 Å². The molecule has 21 heavy (non-hydrogen) atoms. The number of aromatic nitrogens is 2. The first kappa shape index (κ1) is 15.7. The van der Waals surface area contributed by atoms with Crippen LogP contribution in [0, 0.1) is 18.3 Å². The molecule has 1 aliphatic rings. The third-order valence-electron chi connectivity index (χ3n) is 3.33. The Morgan fingerprint density at radius 3 is 2.52 bits per heavy atom. The van der Waals surface area contributed by atoms with Gasteiger partial charge in [0.15, 0.2) is 0 Å². The number of anilines is 1. The van der Waals surface area contributed by atoms with Gasteiger partial charge in [-0.2, -0.15) is 9.57 Å². The number of sulfonamides is 1. The van der Waals surface area contributed by atoms with E-state index in [1.807, 2.05) is 24.8 Å². The normalized spacial score (nSPS) is 16.7. The highest BCUT2D eigenvalue weighted by Crippen LogP contribution is 2.15. The molecule has 0 N–H and O–H groups in total. The smallest absolute Gasteiger partial charge is 0.226 e. The Bertz CT molecular complexity index is 645. The van der Waals surface area contributed by atoms with E-state index in [-0.39, 0.29) is 5.75 Å². The first-order valence-electron chi connectivity index (χ1n) is 6.95. The topological polar surface area (TPSA) is 90.2 Å². The molecule has 0 radical (unpaired) electrons. The van der Waals surface area contributed by atoms with E-state index in [9.17, 15) is 8.42 Å². The summed E-state index contributed by atoms with van der Waals surface area (Å²) in [5.74, 6) is 0.686. The summed E-state index contributed by atoms with van der Waals surface area (Å²) in [5.41, 5.74) is 1.07. The standard InChI is InChI=1S/C13H19N5O2S/c1-3-8-21(19,20)18-6-4-17(5-7-18)13-15-11(2)9-12(10-14)16-13/h9H,3-8H2,1-2H3. The molecule has 0 saturated carbocycles. The summed E-state index contributed by atoms with van der Waals surface area (Å²) in [7, 11) is -3.15. The van der Waals surface area contributed by atoms with Crippen molar-refractivity contribution < 1.29 is 8.42 Å². The number of hydrogen-bond donors (Lipinski definition) is 0. The second-order valence-electron chi connectivity index (χ2n) is 5.01. The first-order valence-corrected chi connectivity index (χ1v) is 8.55. The van der Waals surface area contributed by atoms with Crippen LogP contribution in [-0.2, 0) is 10.0 Å². The first-order chi connectivity index (χ1) is 9.96. The zero-order chi connectivity index (χ0) is 15.5. The van der Waals surface area contributed by atoms with Crippen LogP contribution in [0.2, 0.25) is 0 Å². The number of aryl methyl sites for hydroxylation is 1. The maximum Gasteiger partial charge on any atom is 0.226 e. The third kappa shape index (κ3) is 3.68. The van der Waals surface area contributed by atoms with E-state index in [1.165, 1.54) is 4.31 Å². The van der Waals surface area contributed by atoms with E-state index in [1.54, 1.807) is 6.07 Å². The summed E-state index contributed by atoms with van der Waals surface area (Å²) in [6.45, 7) is 5.61. The van der Waals surface area contributed by atoms with Crippen LogP contribution in [0.15, 0.2) is 6.07 Å². The molecule has 1 aliphatic heterocycles. The van der Waals surface area contributed by atoms with Crippen molar-refractivity contribution in [1.82, 2.24) is 14.3 Å². The Labute approximate surface area is 125 Å². The predicted octanol–water partition coefficient (Wildman–Crippen LogP) is 0.518. The lowest BCUT2D eigenvalue weighted by molar-refractivity contribution is 0.382. The van der Waals surface area contributed by atoms with Gasteiger partial charge in [0.1, 0.15) is 11.8 Å². The highest BCUT2D eigenvalue weighted by Gasteiger charge is 2.27. The van der Waals surface area contributed by atoms with Crippen molar-refractivity contribution in [1.29, 1.82) is 5.26 Å². The highest BCUT2D eigenvalue weighted by molar-refractivity contribution is 7.89. The predicted molar refractivity (Wildman–Crippen MR) is 79.3 cm³/mol. The summed E-state index contributed by atoms with van der Waals surface area (Å²) in [4.78, 5) is 10.4. The van der Waals surface area contributed by atoms with Gasteiger partial charge < -0.3 is 4.90 Å². The number of hydrogen-bond acceptors (Lipinski definition) is 6. The SMILES string of the molecule is CCCS(=O)(=O)N1CCN(c2nc(C)cc(C#N)n2)CC1. The Morgan fingerprint density at radius 1 is 1.29 bits per heavy atom. The number of nitriles is 1. The zero-order valence-corrected chi connectivity index (χ0v) is 13.1. The minimum absolute atomic E-state index is 0.187. The Kier molecular flexibility index (Phi) is 4.75. The van der Waals surface area contributed by atoms with Gasteiger partial charge in [0.05, 0.1) is 5.75 Å². The quantitative estimate of drug-likeness (QED) is 0.805. The minimum atomic E-state index is -3.15. The fourth-order valence-corrected chi connectivity index (χ4v) is 3.80. The molecule has 1 saturated heterocycles. The molecule has 2 rings (SSSR count). The zero-order valence-electron chi connectivity index (χ0n) is 12.3. The Morgan fingerprint density at radius 2 is 1.95 bits per heavy atom. The lowest BCUT2D eigenvalue weighted by Crippen LogP contribution is -2.49. The van der Waals surface area contributed by atoms with Crippen molar-refractivity contribution >= 4 is 16.0 Å². The van der Waals surface area contributed by atoms with E-state index in [0.29, 0.717) is 44.2 Å². The van der Waals surface area contributed by atoms with Gasteiger partial charge in [0, 0.05) is 31.9 Å². The van der Waals surface area contributed by atoms with Crippen LogP contribution in [0.3, 0.4) is 0 Å². The van der Waals surface area contributed by atoms with E-state index in [0.717, 1.165) is 5.69 Å². The third-order valence-corrected chi connectivity index (χ3v) is 5.41. The average Bonchev–Trinajstić information content (AvgIpc) is 2.46.